The molecule has 2 aromatic rings. The Bertz CT molecular complexity index is 775. The number of hydrogen-bond acceptors (Lipinski definition) is 5. The van der Waals surface area contributed by atoms with E-state index in [0.717, 1.165) is 16.9 Å². The molecule has 1 aromatic carbocycles. The standard InChI is InChI=1S/C16H18FN5O/c1-9-8-18-16(21-15(9)22(2)3)19-12-7-11(17)6-10-4-5-13(23)20-14(10)12/h6-8H,4-5H2,1-3H3,(H,20,23)(H,18,19,21). The van der Waals surface area contributed by atoms with E-state index in [0.29, 0.717) is 30.2 Å². The van der Waals surface area contributed by atoms with Gasteiger partial charge in [0.05, 0.1) is 11.4 Å². The zero-order valence-electron chi connectivity index (χ0n) is 13.3. The summed E-state index contributed by atoms with van der Waals surface area (Å²) in [6, 6.07) is 2.78. The van der Waals surface area contributed by atoms with Gasteiger partial charge in [0, 0.05) is 32.3 Å². The fourth-order valence-electron chi connectivity index (χ4n) is 2.62. The Hall–Kier alpha value is -2.70. The second-order valence-corrected chi connectivity index (χ2v) is 5.76. The largest absolute Gasteiger partial charge is 0.362 e. The highest BCUT2D eigenvalue weighted by atomic mass is 19.1. The van der Waals surface area contributed by atoms with E-state index < -0.39 is 0 Å². The van der Waals surface area contributed by atoms with Gasteiger partial charge in [0.2, 0.25) is 11.9 Å². The van der Waals surface area contributed by atoms with Crippen LogP contribution in [0.3, 0.4) is 0 Å². The van der Waals surface area contributed by atoms with Gasteiger partial charge in [-0.2, -0.15) is 4.98 Å². The minimum absolute atomic E-state index is 0.0778. The number of amides is 1. The molecule has 2 heterocycles. The number of anilines is 4. The number of carbonyl (C=O) groups excluding carboxylic acids is 1. The number of nitrogens with zero attached hydrogens (tertiary/aromatic N) is 3. The van der Waals surface area contributed by atoms with Crippen molar-refractivity contribution in [3.8, 4) is 0 Å². The maximum Gasteiger partial charge on any atom is 0.229 e. The Morgan fingerprint density at radius 3 is 2.83 bits per heavy atom. The van der Waals surface area contributed by atoms with Gasteiger partial charge in [-0.25, -0.2) is 9.37 Å². The van der Waals surface area contributed by atoms with Crippen LogP contribution < -0.4 is 15.5 Å². The van der Waals surface area contributed by atoms with Gasteiger partial charge in [-0.3, -0.25) is 4.79 Å². The highest BCUT2D eigenvalue weighted by molar-refractivity contribution is 5.98. The van der Waals surface area contributed by atoms with Crippen LogP contribution in [-0.4, -0.2) is 30.0 Å². The van der Waals surface area contributed by atoms with Crippen molar-refractivity contribution in [2.45, 2.75) is 19.8 Å². The molecule has 0 saturated heterocycles. The van der Waals surface area contributed by atoms with Crippen LogP contribution in [0.4, 0.5) is 27.5 Å². The molecule has 3 rings (SSSR count). The molecule has 0 radical (unpaired) electrons. The van der Waals surface area contributed by atoms with Gasteiger partial charge < -0.3 is 15.5 Å². The van der Waals surface area contributed by atoms with Crippen molar-refractivity contribution < 1.29 is 9.18 Å². The van der Waals surface area contributed by atoms with Gasteiger partial charge in [0.25, 0.3) is 0 Å². The lowest BCUT2D eigenvalue weighted by Crippen LogP contribution is -2.20. The third kappa shape index (κ3) is 3.08. The van der Waals surface area contributed by atoms with Crippen molar-refractivity contribution in [2.75, 3.05) is 29.6 Å². The number of rotatable bonds is 3. The summed E-state index contributed by atoms with van der Waals surface area (Å²) < 4.78 is 13.8. The van der Waals surface area contributed by atoms with Crippen LogP contribution in [0.5, 0.6) is 0 Å². The predicted octanol–water partition coefficient (Wildman–Crippen LogP) is 2.62. The number of aryl methyl sites for hydroxylation is 2. The van der Waals surface area contributed by atoms with Crippen molar-refractivity contribution >= 4 is 29.0 Å². The van der Waals surface area contributed by atoms with Crippen molar-refractivity contribution in [1.82, 2.24) is 9.97 Å². The molecule has 1 aromatic heterocycles. The SMILES string of the molecule is Cc1cnc(Nc2cc(F)cc3c2NC(=O)CC3)nc1N(C)C. The summed E-state index contributed by atoms with van der Waals surface area (Å²) in [5, 5.41) is 5.80. The third-order valence-electron chi connectivity index (χ3n) is 3.69. The Balaban J connectivity index is 1.99. The molecule has 0 saturated carbocycles. The van der Waals surface area contributed by atoms with Crippen LogP contribution >= 0.6 is 0 Å². The molecule has 7 heteroatoms. The molecule has 6 nitrogen and oxygen atoms in total. The lowest BCUT2D eigenvalue weighted by Gasteiger charge is -2.21. The molecule has 0 bridgehead atoms. The van der Waals surface area contributed by atoms with E-state index >= 15 is 0 Å². The topological polar surface area (TPSA) is 70.1 Å². The van der Waals surface area contributed by atoms with E-state index in [9.17, 15) is 9.18 Å². The first-order valence-corrected chi connectivity index (χ1v) is 7.34. The molecule has 1 aliphatic rings. The number of carbonyl (C=O) groups is 1. The van der Waals surface area contributed by atoms with E-state index in [2.05, 4.69) is 20.6 Å². The number of benzene rings is 1. The molecule has 120 valence electrons. The van der Waals surface area contributed by atoms with E-state index in [1.165, 1.54) is 12.1 Å². The first-order chi connectivity index (χ1) is 10.9. The minimum atomic E-state index is -0.359. The van der Waals surface area contributed by atoms with E-state index in [4.69, 9.17) is 0 Å². The molecular weight excluding hydrogens is 297 g/mol. The maximum absolute atomic E-state index is 13.8. The van der Waals surface area contributed by atoms with Crippen LogP contribution in [0.15, 0.2) is 18.3 Å². The van der Waals surface area contributed by atoms with Crippen LogP contribution in [0.25, 0.3) is 0 Å². The average molecular weight is 315 g/mol. The molecule has 0 spiro atoms. The van der Waals surface area contributed by atoms with Gasteiger partial charge in [-0.05, 0) is 31.0 Å². The first kappa shape index (κ1) is 15.2. The third-order valence-corrected chi connectivity index (χ3v) is 3.69. The summed E-state index contributed by atoms with van der Waals surface area (Å²) in [5.74, 6) is 0.692. The van der Waals surface area contributed by atoms with Crippen molar-refractivity contribution in [2.24, 2.45) is 0 Å². The van der Waals surface area contributed by atoms with Crippen molar-refractivity contribution in [3.05, 3.63) is 35.3 Å². The van der Waals surface area contributed by atoms with E-state index in [-0.39, 0.29) is 11.7 Å². The van der Waals surface area contributed by atoms with Gasteiger partial charge in [-0.15, -0.1) is 0 Å². The van der Waals surface area contributed by atoms with Crippen LogP contribution in [0.1, 0.15) is 17.5 Å². The Kier molecular flexibility index (Phi) is 3.85. The molecule has 0 unspecified atom stereocenters. The highest BCUT2D eigenvalue weighted by Crippen LogP contribution is 2.33. The lowest BCUT2D eigenvalue weighted by molar-refractivity contribution is -0.116. The number of fused-ring (bicyclic) bond motifs is 1. The van der Waals surface area contributed by atoms with Crippen molar-refractivity contribution in [1.29, 1.82) is 0 Å². The number of hydrogen-bond donors (Lipinski definition) is 2. The normalized spacial score (nSPS) is 13.3. The fourth-order valence-corrected chi connectivity index (χ4v) is 2.62. The quantitative estimate of drug-likeness (QED) is 0.911. The second kappa shape index (κ2) is 5.83. The Morgan fingerprint density at radius 1 is 1.30 bits per heavy atom. The molecule has 0 aliphatic carbocycles. The van der Waals surface area contributed by atoms with Gasteiger partial charge in [0.15, 0.2) is 0 Å². The number of halogens is 1. The van der Waals surface area contributed by atoms with E-state index in [1.54, 1.807) is 6.20 Å². The summed E-state index contributed by atoms with van der Waals surface area (Å²) in [6.45, 7) is 1.92. The summed E-state index contributed by atoms with van der Waals surface area (Å²) in [7, 11) is 3.78. The minimum Gasteiger partial charge on any atom is -0.362 e. The summed E-state index contributed by atoms with van der Waals surface area (Å²) >= 11 is 0. The van der Waals surface area contributed by atoms with Crippen molar-refractivity contribution in [3.63, 3.8) is 0 Å². The maximum atomic E-state index is 13.8. The number of nitrogens with one attached hydrogen (secondary N) is 2. The fraction of sp³-hybridized carbons (Fsp3) is 0.312. The Labute approximate surface area is 133 Å². The Morgan fingerprint density at radius 2 is 2.09 bits per heavy atom. The molecule has 0 fully saturated rings. The second-order valence-electron chi connectivity index (χ2n) is 5.76. The summed E-state index contributed by atoms with van der Waals surface area (Å²) in [4.78, 5) is 22.2. The van der Waals surface area contributed by atoms with Crippen LogP contribution in [-0.2, 0) is 11.2 Å². The number of aromatic nitrogens is 2. The predicted molar refractivity (Wildman–Crippen MR) is 87.7 cm³/mol. The molecular formula is C16H18FN5O. The lowest BCUT2D eigenvalue weighted by atomic mass is 10.0. The van der Waals surface area contributed by atoms with E-state index in [1.807, 2.05) is 25.9 Å². The highest BCUT2D eigenvalue weighted by Gasteiger charge is 2.20. The molecule has 23 heavy (non-hydrogen) atoms. The van der Waals surface area contributed by atoms with Gasteiger partial charge in [0.1, 0.15) is 11.6 Å². The van der Waals surface area contributed by atoms with Crippen LogP contribution in [0, 0.1) is 12.7 Å². The summed E-state index contributed by atoms with van der Waals surface area (Å²) in [6.07, 6.45) is 2.59. The molecule has 1 aliphatic heterocycles. The summed E-state index contributed by atoms with van der Waals surface area (Å²) in [5.41, 5.74) is 2.77. The van der Waals surface area contributed by atoms with Gasteiger partial charge in [-0.1, -0.05) is 0 Å². The molecule has 2 N–H and O–H groups in total. The molecule has 1 amide bonds. The zero-order chi connectivity index (χ0) is 16.6. The smallest absolute Gasteiger partial charge is 0.229 e. The first-order valence-electron chi connectivity index (χ1n) is 7.34. The zero-order valence-corrected chi connectivity index (χ0v) is 13.3. The monoisotopic (exact) mass is 315 g/mol. The van der Waals surface area contributed by atoms with Gasteiger partial charge >= 0.3 is 0 Å². The van der Waals surface area contributed by atoms with Crippen LogP contribution in [0.2, 0.25) is 0 Å². The average Bonchev–Trinajstić information content (AvgIpc) is 2.49. The molecule has 0 atom stereocenters.